The molecule has 138 valence electrons. The van der Waals surface area contributed by atoms with Crippen LogP contribution in [-0.2, 0) is 19.1 Å². The van der Waals surface area contributed by atoms with Crippen LogP contribution in [0.4, 0.5) is 18.9 Å². The molecule has 27 heavy (non-hydrogen) atoms. The number of nitrogens with zero attached hydrogens (tertiary/aromatic N) is 2. The van der Waals surface area contributed by atoms with Crippen LogP contribution in [-0.4, -0.2) is 15.5 Å². The van der Waals surface area contributed by atoms with Gasteiger partial charge in [0.1, 0.15) is 5.82 Å². The molecule has 0 aliphatic carbocycles. The van der Waals surface area contributed by atoms with Crippen molar-refractivity contribution in [1.82, 2.24) is 9.55 Å². The Bertz CT molecular complexity index is 990. The van der Waals surface area contributed by atoms with Crippen LogP contribution in [0, 0.1) is 0 Å². The van der Waals surface area contributed by atoms with E-state index in [9.17, 15) is 18.0 Å². The first-order valence-electron chi connectivity index (χ1n) is 8.56. The van der Waals surface area contributed by atoms with Gasteiger partial charge in [-0.25, -0.2) is 4.98 Å². The van der Waals surface area contributed by atoms with Crippen LogP contribution in [0.5, 0.6) is 0 Å². The number of rotatable bonds is 3. The van der Waals surface area contributed by atoms with Gasteiger partial charge in [0.2, 0.25) is 0 Å². The van der Waals surface area contributed by atoms with Crippen molar-refractivity contribution >= 4 is 11.6 Å². The summed E-state index contributed by atoms with van der Waals surface area (Å²) in [6, 6.07) is 11.8. The second kappa shape index (κ2) is 6.57. The second-order valence-electron chi connectivity index (χ2n) is 6.39. The molecule has 0 unspecified atom stereocenters. The molecule has 0 bridgehead atoms. The van der Waals surface area contributed by atoms with Crippen molar-refractivity contribution in [3.63, 3.8) is 0 Å². The van der Waals surface area contributed by atoms with Crippen molar-refractivity contribution in [3.8, 4) is 11.3 Å². The van der Waals surface area contributed by atoms with Crippen LogP contribution in [0.15, 0.2) is 54.7 Å². The minimum Gasteiger partial charge on any atom is -0.328 e. The number of alkyl halides is 3. The average molecular weight is 371 g/mol. The molecule has 1 N–H and O–H groups in total. The van der Waals surface area contributed by atoms with E-state index in [0.29, 0.717) is 5.69 Å². The van der Waals surface area contributed by atoms with Gasteiger partial charge in [-0.15, -0.1) is 0 Å². The molecule has 7 heteroatoms. The summed E-state index contributed by atoms with van der Waals surface area (Å²) in [7, 11) is 0. The lowest BCUT2D eigenvalue weighted by Gasteiger charge is -2.13. The Labute approximate surface area is 153 Å². The fourth-order valence-corrected chi connectivity index (χ4v) is 3.34. The molecule has 0 fully saturated rings. The van der Waals surface area contributed by atoms with Gasteiger partial charge in [0.05, 0.1) is 23.0 Å². The van der Waals surface area contributed by atoms with Gasteiger partial charge in [-0.1, -0.05) is 24.3 Å². The van der Waals surface area contributed by atoms with E-state index < -0.39 is 23.2 Å². The molecule has 3 aromatic rings. The van der Waals surface area contributed by atoms with Gasteiger partial charge in [-0.3, -0.25) is 4.79 Å². The number of aryl methyl sites for hydroxylation is 1. The summed E-state index contributed by atoms with van der Waals surface area (Å²) in [5.41, 5.74) is 1.03. The van der Waals surface area contributed by atoms with E-state index in [1.807, 2.05) is 18.3 Å². The van der Waals surface area contributed by atoms with E-state index in [4.69, 9.17) is 0 Å². The number of fused-ring (bicyclic) bond motifs is 1. The Hall–Kier alpha value is -3.09. The molecule has 1 aromatic heterocycles. The largest absolute Gasteiger partial charge is 0.417 e. The van der Waals surface area contributed by atoms with Gasteiger partial charge < -0.3 is 9.88 Å². The number of carbonyl (C=O) groups is 1. The molecule has 2 heterocycles. The van der Waals surface area contributed by atoms with Crippen molar-refractivity contribution in [2.45, 2.75) is 25.6 Å². The maximum absolute atomic E-state index is 13.1. The number of amides is 1. The van der Waals surface area contributed by atoms with Gasteiger partial charge in [0.15, 0.2) is 0 Å². The number of hydrogen-bond donors (Lipinski definition) is 1. The fourth-order valence-electron chi connectivity index (χ4n) is 3.34. The lowest BCUT2D eigenvalue weighted by atomic mass is 10.1. The molecule has 0 saturated heterocycles. The lowest BCUT2D eigenvalue weighted by Crippen LogP contribution is -2.18. The summed E-state index contributed by atoms with van der Waals surface area (Å²) in [6.07, 6.45) is -0.725. The van der Waals surface area contributed by atoms with Gasteiger partial charge in [-0.2, -0.15) is 13.2 Å². The molecule has 1 aliphatic rings. The first-order chi connectivity index (χ1) is 12.9. The summed E-state index contributed by atoms with van der Waals surface area (Å²) in [6.45, 7) is 0.928. The van der Waals surface area contributed by atoms with Crippen molar-refractivity contribution in [1.29, 1.82) is 0 Å². The van der Waals surface area contributed by atoms with E-state index in [1.54, 1.807) is 12.1 Å². The standard InChI is InChI=1S/C20H16F3N3O/c21-20(22,23)16-5-2-1-4-15(16)19(27)25-14-9-7-13(8-10-14)17-12-24-18-6-3-11-26(17)18/h1-2,4-5,7-10,12H,3,6,11H2,(H,25,27). The number of benzene rings is 2. The number of hydrogen-bond acceptors (Lipinski definition) is 2. The highest BCUT2D eigenvalue weighted by molar-refractivity contribution is 6.05. The molecule has 4 rings (SSSR count). The summed E-state index contributed by atoms with van der Waals surface area (Å²) >= 11 is 0. The van der Waals surface area contributed by atoms with Crippen LogP contribution in [0.25, 0.3) is 11.3 Å². The molecule has 0 radical (unpaired) electrons. The maximum Gasteiger partial charge on any atom is 0.417 e. The van der Waals surface area contributed by atoms with E-state index in [-0.39, 0.29) is 0 Å². The van der Waals surface area contributed by atoms with E-state index in [2.05, 4.69) is 14.9 Å². The molecule has 4 nitrogen and oxygen atoms in total. The van der Waals surface area contributed by atoms with Gasteiger partial charge >= 0.3 is 6.18 Å². The van der Waals surface area contributed by atoms with Crippen LogP contribution in [0.1, 0.15) is 28.2 Å². The molecule has 1 aliphatic heterocycles. The SMILES string of the molecule is O=C(Nc1ccc(-c2cnc3n2CCC3)cc1)c1ccccc1C(F)(F)F. The zero-order chi connectivity index (χ0) is 19.0. The number of aromatic nitrogens is 2. The highest BCUT2D eigenvalue weighted by atomic mass is 19.4. The smallest absolute Gasteiger partial charge is 0.328 e. The second-order valence-corrected chi connectivity index (χ2v) is 6.39. The van der Waals surface area contributed by atoms with Crippen molar-refractivity contribution in [2.75, 3.05) is 5.32 Å². The van der Waals surface area contributed by atoms with Crippen LogP contribution < -0.4 is 5.32 Å². The monoisotopic (exact) mass is 371 g/mol. The molecule has 0 saturated carbocycles. The van der Waals surface area contributed by atoms with Crippen molar-refractivity contribution < 1.29 is 18.0 Å². The quantitative estimate of drug-likeness (QED) is 0.721. The third-order valence-corrected chi connectivity index (χ3v) is 4.64. The molecule has 0 spiro atoms. The van der Waals surface area contributed by atoms with Gasteiger partial charge in [-0.05, 0) is 36.2 Å². The summed E-state index contributed by atoms with van der Waals surface area (Å²) in [5.74, 6) is 0.270. The predicted molar refractivity (Wildman–Crippen MR) is 95.4 cm³/mol. The number of nitrogens with one attached hydrogen (secondary N) is 1. The molecular weight excluding hydrogens is 355 g/mol. The van der Waals surface area contributed by atoms with E-state index in [0.717, 1.165) is 42.5 Å². The topological polar surface area (TPSA) is 46.9 Å². The Balaban J connectivity index is 1.55. The summed E-state index contributed by atoms with van der Waals surface area (Å²) in [5, 5.41) is 2.53. The molecular formula is C20H16F3N3O. The first kappa shape index (κ1) is 17.3. The average Bonchev–Trinajstić information content (AvgIpc) is 3.25. The van der Waals surface area contributed by atoms with Gasteiger partial charge in [0, 0.05) is 18.7 Å². The first-order valence-corrected chi connectivity index (χ1v) is 8.56. The van der Waals surface area contributed by atoms with Crippen LogP contribution in [0.2, 0.25) is 0 Å². The highest BCUT2D eigenvalue weighted by Crippen LogP contribution is 2.32. The third-order valence-electron chi connectivity index (χ3n) is 4.64. The minimum atomic E-state index is -4.58. The maximum atomic E-state index is 13.1. The fraction of sp³-hybridized carbons (Fsp3) is 0.200. The molecule has 0 atom stereocenters. The predicted octanol–water partition coefficient (Wildman–Crippen LogP) is 4.77. The number of carbonyl (C=O) groups excluding carboxylic acids is 1. The molecule has 2 aromatic carbocycles. The van der Waals surface area contributed by atoms with Crippen molar-refractivity contribution in [2.24, 2.45) is 0 Å². The van der Waals surface area contributed by atoms with E-state index in [1.165, 1.54) is 18.2 Å². The highest BCUT2D eigenvalue weighted by Gasteiger charge is 2.34. The summed E-state index contributed by atoms with van der Waals surface area (Å²) in [4.78, 5) is 16.7. The zero-order valence-electron chi connectivity index (χ0n) is 14.3. The minimum absolute atomic E-state index is 0.400. The number of anilines is 1. The third kappa shape index (κ3) is 3.32. The zero-order valence-corrected chi connectivity index (χ0v) is 14.3. The Morgan fingerprint density at radius 3 is 2.56 bits per heavy atom. The Morgan fingerprint density at radius 2 is 1.81 bits per heavy atom. The number of halogens is 3. The Kier molecular flexibility index (Phi) is 4.22. The normalized spacial score (nSPS) is 13.4. The van der Waals surface area contributed by atoms with Crippen LogP contribution >= 0.6 is 0 Å². The molecule has 1 amide bonds. The van der Waals surface area contributed by atoms with Crippen LogP contribution in [0.3, 0.4) is 0 Å². The Morgan fingerprint density at radius 1 is 1.07 bits per heavy atom. The van der Waals surface area contributed by atoms with Gasteiger partial charge in [0.25, 0.3) is 5.91 Å². The van der Waals surface area contributed by atoms with E-state index >= 15 is 0 Å². The number of imidazole rings is 1. The van der Waals surface area contributed by atoms with Crippen molar-refractivity contribution in [3.05, 3.63) is 71.7 Å². The lowest BCUT2D eigenvalue weighted by molar-refractivity contribution is -0.137. The summed E-state index contributed by atoms with van der Waals surface area (Å²) < 4.78 is 41.4.